The Bertz CT molecular complexity index is 1150. The summed E-state index contributed by atoms with van der Waals surface area (Å²) in [6.45, 7) is 4.89. The number of nitrogens with zero attached hydrogens (tertiary/aromatic N) is 1. The van der Waals surface area contributed by atoms with Crippen molar-refractivity contribution in [2.75, 3.05) is 6.61 Å². The SMILES string of the molecule is CCOc1cc(/C=N\NC(=O)c2ccc(Cl)cc2Cl)cc(I)c1OCc1ccccc1C. The number of nitrogens with one attached hydrogen (secondary N) is 1. The predicted octanol–water partition coefficient (Wildman–Crippen LogP) is 6.65. The molecule has 1 N–H and O–H groups in total. The van der Waals surface area contributed by atoms with Crippen molar-refractivity contribution < 1.29 is 14.3 Å². The van der Waals surface area contributed by atoms with Crippen LogP contribution in [0.5, 0.6) is 11.5 Å². The molecular weight excluding hydrogens is 562 g/mol. The third kappa shape index (κ3) is 6.37. The number of rotatable bonds is 8. The zero-order valence-corrected chi connectivity index (χ0v) is 21.2. The maximum atomic E-state index is 12.3. The van der Waals surface area contributed by atoms with Crippen LogP contribution >= 0.6 is 45.8 Å². The van der Waals surface area contributed by atoms with E-state index in [-0.39, 0.29) is 10.6 Å². The van der Waals surface area contributed by atoms with Crippen molar-refractivity contribution in [3.63, 3.8) is 0 Å². The molecule has 5 nitrogen and oxygen atoms in total. The molecule has 166 valence electrons. The van der Waals surface area contributed by atoms with E-state index in [0.717, 1.165) is 14.7 Å². The molecule has 32 heavy (non-hydrogen) atoms. The van der Waals surface area contributed by atoms with Gasteiger partial charge in [0.2, 0.25) is 0 Å². The van der Waals surface area contributed by atoms with E-state index in [1.807, 2.05) is 37.3 Å². The lowest BCUT2D eigenvalue weighted by molar-refractivity contribution is 0.0955. The molecule has 3 aromatic carbocycles. The second-order valence-electron chi connectivity index (χ2n) is 6.80. The number of benzene rings is 3. The number of carbonyl (C=O) groups excluding carboxylic acids is 1. The van der Waals surface area contributed by atoms with Crippen LogP contribution in [0.15, 0.2) is 59.7 Å². The lowest BCUT2D eigenvalue weighted by atomic mass is 10.1. The molecule has 0 unspecified atom stereocenters. The van der Waals surface area contributed by atoms with E-state index in [1.54, 1.807) is 12.1 Å². The van der Waals surface area contributed by atoms with Crippen LogP contribution < -0.4 is 14.9 Å². The molecule has 1 amide bonds. The number of halogens is 3. The van der Waals surface area contributed by atoms with Crippen LogP contribution in [0, 0.1) is 10.5 Å². The Kier molecular flexibility index (Phi) is 8.78. The Morgan fingerprint density at radius 2 is 1.91 bits per heavy atom. The number of carbonyl (C=O) groups is 1. The molecule has 3 aromatic rings. The monoisotopic (exact) mass is 582 g/mol. The quantitative estimate of drug-likeness (QED) is 0.184. The molecule has 0 saturated heterocycles. The molecule has 0 aliphatic heterocycles. The minimum atomic E-state index is -0.430. The van der Waals surface area contributed by atoms with Crippen molar-refractivity contribution in [2.45, 2.75) is 20.5 Å². The average Bonchev–Trinajstić information content (AvgIpc) is 2.74. The summed E-state index contributed by atoms with van der Waals surface area (Å²) in [5, 5.41) is 4.76. The molecule has 0 heterocycles. The summed E-state index contributed by atoms with van der Waals surface area (Å²) < 4.78 is 12.8. The molecule has 0 bridgehead atoms. The van der Waals surface area contributed by atoms with E-state index in [9.17, 15) is 4.79 Å². The molecule has 0 aliphatic rings. The zero-order chi connectivity index (χ0) is 23.1. The Balaban J connectivity index is 1.74. The lowest BCUT2D eigenvalue weighted by Crippen LogP contribution is -2.18. The minimum Gasteiger partial charge on any atom is -0.490 e. The fraction of sp³-hybridized carbons (Fsp3) is 0.167. The summed E-state index contributed by atoms with van der Waals surface area (Å²) in [5.41, 5.74) is 5.80. The molecule has 0 radical (unpaired) electrons. The van der Waals surface area contributed by atoms with Crippen LogP contribution in [0.3, 0.4) is 0 Å². The van der Waals surface area contributed by atoms with E-state index >= 15 is 0 Å². The topological polar surface area (TPSA) is 59.9 Å². The first-order valence-electron chi connectivity index (χ1n) is 9.81. The normalized spacial score (nSPS) is 10.9. The fourth-order valence-corrected chi connectivity index (χ4v) is 4.16. The van der Waals surface area contributed by atoms with Crippen LogP contribution in [0.25, 0.3) is 0 Å². The number of hydrogen-bond acceptors (Lipinski definition) is 4. The molecule has 0 atom stereocenters. The van der Waals surface area contributed by atoms with Gasteiger partial charge in [0.1, 0.15) is 6.61 Å². The fourth-order valence-electron chi connectivity index (χ4n) is 2.89. The van der Waals surface area contributed by atoms with E-state index < -0.39 is 5.91 Å². The van der Waals surface area contributed by atoms with Crippen molar-refractivity contribution in [3.05, 3.63) is 90.5 Å². The van der Waals surface area contributed by atoms with Gasteiger partial charge in [0.05, 0.1) is 27.0 Å². The van der Waals surface area contributed by atoms with Gasteiger partial charge in [0, 0.05) is 5.02 Å². The Labute approximate surface area is 210 Å². The summed E-state index contributed by atoms with van der Waals surface area (Å²) in [6, 6.07) is 16.5. The van der Waals surface area contributed by atoms with Gasteiger partial charge in [-0.05, 0) is 83.5 Å². The van der Waals surface area contributed by atoms with E-state index in [4.69, 9.17) is 32.7 Å². The van der Waals surface area contributed by atoms with Crippen molar-refractivity contribution in [1.29, 1.82) is 0 Å². The van der Waals surface area contributed by atoms with Gasteiger partial charge in [0.25, 0.3) is 5.91 Å². The van der Waals surface area contributed by atoms with Crippen LogP contribution in [0.2, 0.25) is 10.0 Å². The Hall–Kier alpha value is -2.29. The Morgan fingerprint density at radius 1 is 1.12 bits per heavy atom. The lowest BCUT2D eigenvalue weighted by Gasteiger charge is -2.15. The van der Waals surface area contributed by atoms with E-state index in [2.05, 4.69) is 46.1 Å². The highest BCUT2D eigenvalue weighted by molar-refractivity contribution is 14.1. The molecule has 0 saturated carbocycles. The molecule has 0 fully saturated rings. The third-order valence-corrected chi connectivity index (χ3v) is 5.87. The molecule has 0 aliphatic carbocycles. The van der Waals surface area contributed by atoms with Gasteiger partial charge >= 0.3 is 0 Å². The van der Waals surface area contributed by atoms with Crippen molar-refractivity contribution in [2.24, 2.45) is 5.10 Å². The van der Waals surface area contributed by atoms with E-state index in [1.165, 1.54) is 17.8 Å². The van der Waals surface area contributed by atoms with Crippen LogP contribution in [0.4, 0.5) is 0 Å². The van der Waals surface area contributed by atoms with E-state index in [0.29, 0.717) is 29.7 Å². The second-order valence-corrected chi connectivity index (χ2v) is 8.81. The summed E-state index contributed by atoms with van der Waals surface area (Å²) in [6.07, 6.45) is 1.54. The van der Waals surface area contributed by atoms with Crippen molar-refractivity contribution in [3.8, 4) is 11.5 Å². The number of hydrazone groups is 1. The number of ether oxygens (including phenoxy) is 2. The summed E-state index contributed by atoms with van der Waals surface area (Å²) >= 11 is 14.1. The van der Waals surface area contributed by atoms with Gasteiger partial charge in [-0.1, -0.05) is 47.5 Å². The number of aryl methyl sites for hydroxylation is 1. The Morgan fingerprint density at radius 3 is 2.62 bits per heavy atom. The van der Waals surface area contributed by atoms with Gasteiger partial charge in [-0.25, -0.2) is 5.43 Å². The summed E-state index contributed by atoms with van der Waals surface area (Å²) in [4.78, 5) is 12.3. The predicted molar refractivity (Wildman–Crippen MR) is 137 cm³/mol. The van der Waals surface area contributed by atoms with Gasteiger partial charge in [0.15, 0.2) is 11.5 Å². The maximum absolute atomic E-state index is 12.3. The van der Waals surface area contributed by atoms with Crippen molar-refractivity contribution >= 4 is 57.9 Å². The van der Waals surface area contributed by atoms with Gasteiger partial charge in [-0.3, -0.25) is 4.79 Å². The van der Waals surface area contributed by atoms with Crippen LogP contribution in [-0.2, 0) is 6.61 Å². The molecule has 3 rings (SSSR count). The first-order chi connectivity index (χ1) is 15.4. The van der Waals surface area contributed by atoms with Gasteiger partial charge < -0.3 is 9.47 Å². The largest absolute Gasteiger partial charge is 0.490 e. The molecule has 0 spiro atoms. The molecule has 0 aromatic heterocycles. The van der Waals surface area contributed by atoms with Gasteiger partial charge in [-0.2, -0.15) is 5.10 Å². The highest BCUT2D eigenvalue weighted by Gasteiger charge is 2.13. The average molecular weight is 583 g/mol. The zero-order valence-electron chi connectivity index (χ0n) is 17.5. The summed E-state index contributed by atoms with van der Waals surface area (Å²) in [5.74, 6) is 0.854. The molecular formula is C24H21Cl2IN2O3. The van der Waals surface area contributed by atoms with Crippen LogP contribution in [0.1, 0.15) is 34.0 Å². The maximum Gasteiger partial charge on any atom is 0.272 e. The highest BCUT2D eigenvalue weighted by Crippen LogP contribution is 2.34. The van der Waals surface area contributed by atoms with Crippen molar-refractivity contribution in [1.82, 2.24) is 5.43 Å². The highest BCUT2D eigenvalue weighted by atomic mass is 127. The summed E-state index contributed by atoms with van der Waals surface area (Å²) in [7, 11) is 0. The first-order valence-corrected chi connectivity index (χ1v) is 11.6. The standard InChI is InChI=1S/C24H21Cl2IN2O3/c1-3-31-22-11-16(13-28-29-24(30)19-9-8-18(25)12-20(19)26)10-21(27)23(22)32-14-17-7-5-4-6-15(17)2/h4-13H,3,14H2,1-2H3,(H,29,30)/b28-13-. The van der Waals surface area contributed by atoms with Crippen LogP contribution in [-0.4, -0.2) is 18.7 Å². The molecule has 8 heteroatoms. The van der Waals surface area contributed by atoms with Gasteiger partial charge in [-0.15, -0.1) is 0 Å². The third-order valence-electron chi connectivity index (χ3n) is 4.52. The first kappa shape index (κ1) is 24.4. The number of hydrogen-bond donors (Lipinski definition) is 1. The smallest absolute Gasteiger partial charge is 0.272 e. The minimum absolute atomic E-state index is 0.258. The number of amides is 1. The second kappa shape index (κ2) is 11.5.